The van der Waals surface area contributed by atoms with E-state index in [1.807, 2.05) is 6.07 Å². The van der Waals surface area contributed by atoms with Crippen molar-refractivity contribution in [3.05, 3.63) is 53.4 Å². The summed E-state index contributed by atoms with van der Waals surface area (Å²) >= 11 is 0. The van der Waals surface area contributed by atoms with Crippen LogP contribution in [-0.2, 0) is 6.54 Å². The Morgan fingerprint density at radius 3 is 2.75 bits per heavy atom. The van der Waals surface area contributed by atoms with Gasteiger partial charge in [-0.15, -0.1) is 0 Å². The van der Waals surface area contributed by atoms with Crippen molar-refractivity contribution in [1.29, 1.82) is 0 Å². The van der Waals surface area contributed by atoms with Crippen LogP contribution in [0.25, 0.3) is 0 Å². The standard InChI is InChI=1S/C12H12F2N2/c1-8-2-3-10(13)12(11(8)14)16-7-9-4-5-15-6-9/h2-6,15-16H,7H2,1H3. The number of aromatic nitrogens is 1. The van der Waals surface area contributed by atoms with Gasteiger partial charge in [-0.25, -0.2) is 8.78 Å². The smallest absolute Gasteiger partial charge is 0.152 e. The van der Waals surface area contributed by atoms with E-state index in [2.05, 4.69) is 10.3 Å². The molecule has 2 N–H and O–H groups in total. The van der Waals surface area contributed by atoms with Gasteiger partial charge in [0.05, 0.1) is 0 Å². The highest BCUT2D eigenvalue weighted by Gasteiger charge is 2.10. The first-order valence-corrected chi connectivity index (χ1v) is 4.98. The lowest BCUT2D eigenvalue weighted by Gasteiger charge is -2.09. The van der Waals surface area contributed by atoms with Gasteiger partial charge in [-0.3, -0.25) is 0 Å². The Labute approximate surface area is 92.3 Å². The van der Waals surface area contributed by atoms with Crippen LogP contribution in [0.1, 0.15) is 11.1 Å². The van der Waals surface area contributed by atoms with Crippen LogP contribution in [0.4, 0.5) is 14.5 Å². The Morgan fingerprint density at radius 1 is 1.25 bits per heavy atom. The fourth-order valence-corrected chi connectivity index (χ4v) is 1.48. The van der Waals surface area contributed by atoms with Gasteiger partial charge in [0, 0.05) is 18.9 Å². The van der Waals surface area contributed by atoms with Gasteiger partial charge in [-0.05, 0) is 30.2 Å². The molecular formula is C12H12F2N2. The summed E-state index contributed by atoms with van der Waals surface area (Å²) in [5, 5.41) is 2.75. The normalized spacial score (nSPS) is 10.4. The van der Waals surface area contributed by atoms with E-state index in [-0.39, 0.29) is 5.69 Å². The van der Waals surface area contributed by atoms with Crippen molar-refractivity contribution in [1.82, 2.24) is 4.98 Å². The largest absolute Gasteiger partial charge is 0.376 e. The maximum Gasteiger partial charge on any atom is 0.152 e. The number of hydrogen-bond donors (Lipinski definition) is 2. The van der Waals surface area contributed by atoms with Gasteiger partial charge in [-0.2, -0.15) is 0 Å². The van der Waals surface area contributed by atoms with E-state index in [0.717, 1.165) is 5.56 Å². The topological polar surface area (TPSA) is 27.8 Å². The Kier molecular flexibility index (Phi) is 2.90. The molecule has 0 aliphatic rings. The maximum atomic E-state index is 13.6. The van der Waals surface area contributed by atoms with Crippen LogP contribution in [0, 0.1) is 18.6 Å². The summed E-state index contributed by atoms with van der Waals surface area (Å²) < 4.78 is 26.9. The molecule has 0 bridgehead atoms. The number of H-pyrrole nitrogens is 1. The summed E-state index contributed by atoms with van der Waals surface area (Å²) in [5.41, 5.74) is 1.31. The minimum Gasteiger partial charge on any atom is -0.376 e. The van der Waals surface area contributed by atoms with Crippen LogP contribution in [0.15, 0.2) is 30.6 Å². The first kappa shape index (κ1) is 10.7. The third-order valence-corrected chi connectivity index (χ3v) is 2.42. The van der Waals surface area contributed by atoms with Gasteiger partial charge in [0.2, 0.25) is 0 Å². The van der Waals surface area contributed by atoms with E-state index < -0.39 is 11.6 Å². The second-order valence-corrected chi connectivity index (χ2v) is 3.63. The lowest BCUT2D eigenvalue weighted by molar-refractivity contribution is 0.582. The number of rotatable bonds is 3. The van der Waals surface area contributed by atoms with Crippen molar-refractivity contribution >= 4 is 5.69 Å². The Hall–Kier alpha value is -1.84. The van der Waals surface area contributed by atoms with Crippen LogP contribution >= 0.6 is 0 Å². The molecule has 2 nitrogen and oxygen atoms in total. The number of anilines is 1. The maximum absolute atomic E-state index is 13.6. The predicted octanol–water partition coefficient (Wildman–Crippen LogP) is 3.21. The number of hydrogen-bond acceptors (Lipinski definition) is 1. The van der Waals surface area contributed by atoms with E-state index in [9.17, 15) is 8.78 Å². The Balaban J connectivity index is 2.18. The number of benzene rings is 1. The lowest BCUT2D eigenvalue weighted by Crippen LogP contribution is -2.04. The summed E-state index contributed by atoms with van der Waals surface area (Å²) in [6.45, 7) is 2.00. The molecule has 84 valence electrons. The quantitative estimate of drug-likeness (QED) is 0.820. The fraction of sp³-hybridized carbons (Fsp3) is 0.167. The molecule has 0 aliphatic heterocycles. The second kappa shape index (κ2) is 4.35. The molecule has 1 aromatic heterocycles. The van der Waals surface area contributed by atoms with Crippen molar-refractivity contribution in [2.24, 2.45) is 0 Å². The predicted molar refractivity (Wildman–Crippen MR) is 59.2 cm³/mol. The number of aromatic amines is 1. The van der Waals surface area contributed by atoms with Crippen molar-refractivity contribution < 1.29 is 8.78 Å². The molecule has 2 rings (SSSR count). The highest BCUT2D eigenvalue weighted by Crippen LogP contribution is 2.22. The summed E-state index contributed by atoms with van der Waals surface area (Å²) in [6.07, 6.45) is 3.54. The number of nitrogens with one attached hydrogen (secondary N) is 2. The van der Waals surface area contributed by atoms with Crippen LogP contribution < -0.4 is 5.32 Å². The summed E-state index contributed by atoms with van der Waals surface area (Å²) in [5.74, 6) is -1.10. The molecule has 0 radical (unpaired) electrons. The molecule has 0 amide bonds. The second-order valence-electron chi connectivity index (χ2n) is 3.63. The third-order valence-electron chi connectivity index (χ3n) is 2.42. The van der Waals surface area contributed by atoms with Crippen LogP contribution in [0.5, 0.6) is 0 Å². The number of aryl methyl sites for hydroxylation is 1. The monoisotopic (exact) mass is 222 g/mol. The minimum absolute atomic E-state index is 0.0683. The first-order valence-electron chi connectivity index (χ1n) is 4.98. The zero-order valence-corrected chi connectivity index (χ0v) is 8.85. The molecular weight excluding hydrogens is 210 g/mol. The van der Waals surface area contributed by atoms with Crippen LogP contribution in [0.3, 0.4) is 0 Å². The van der Waals surface area contributed by atoms with Crippen molar-refractivity contribution in [3.8, 4) is 0 Å². The summed E-state index contributed by atoms with van der Waals surface area (Å²) in [6, 6.07) is 4.53. The van der Waals surface area contributed by atoms with Crippen LogP contribution in [-0.4, -0.2) is 4.98 Å². The molecule has 4 heteroatoms. The Morgan fingerprint density at radius 2 is 2.06 bits per heavy atom. The fourth-order valence-electron chi connectivity index (χ4n) is 1.48. The third kappa shape index (κ3) is 2.05. The average Bonchev–Trinajstić information content (AvgIpc) is 2.77. The van der Waals surface area contributed by atoms with Gasteiger partial charge < -0.3 is 10.3 Å². The summed E-state index contributed by atoms with van der Waals surface area (Å²) in [7, 11) is 0. The molecule has 0 fully saturated rings. The van der Waals surface area contributed by atoms with Gasteiger partial charge in [0.1, 0.15) is 11.5 Å². The van der Waals surface area contributed by atoms with E-state index in [4.69, 9.17) is 0 Å². The molecule has 1 aromatic carbocycles. The van der Waals surface area contributed by atoms with Gasteiger partial charge in [0.25, 0.3) is 0 Å². The van der Waals surface area contributed by atoms with Crippen molar-refractivity contribution in [2.75, 3.05) is 5.32 Å². The average molecular weight is 222 g/mol. The molecule has 1 heterocycles. The molecule has 0 saturated heterocycles. The highest BCUT2D eigenvalue weighted by atomic mass is 19.1. The summed E-state index contributed by atoms with van der Waals surface area (Å²) in [4.78, 5) is 2.88. The van der Waals surface area contributed by atoms with Gasteiger partial charge >= 0.3 is 0 Å². The molecule has 2 aromatic rings. The molecule has 0 atom stereocenters. The lowest BCUT2D eigenvalue weighted by atomic mass is 10.2. The van der Waals surface area contributed by atoms with Crippen molar-refractivity contribution in [2.45, 2.75) is 13.5 Å². The first-order chi connectivity index (χ1) is 7.68. The zero-order valence-electron chi connectivity index (χ0n) is 8.85. The molecule has 0 aliphatic carbocycles. The highest BCUT2D eigenvalue weighted by molar-refractivity contribution is 5.49. The Bertz CT molecular complexity index is 478. The molecule has 0 spiro atoms. The SMILES string of the molecule is Cc1ccc(F)c(NCc2cc[nH]c2)c1F. The molecule has 0 saturated carbocycles. The van der Waals surface area contributed by atoms with E-state index >= 15 is 0 Å². The van der Waals surface area contributed by atoms with E-state index in [1.165, 1.54) is 12.1 Å². The molecule has 16 heavy (non-hydrogen) atoms. The van der Waals surface area contributed by atoms with Gasteiger partial charge in [0.15, 0.2) is 5.82 Å². The van der Waals surface area contributed by atoms with E-state index in [1.54, 1.807) is 19.3 Å². The zero-order chi connectivity index (χ0) is 11.5. The van der Waals surface area contributed by atoms with Gasteiger partial charge in [-0.1, -0.05) is 6.07 Å². The van der Waals surface area contributed by atoms with Crippen LogP contribution in [0.2, 0.25) is 0 Å². The van der Waals surface area contributed by atoms with Crippen molar-refractivity contribution in [3.63, 3.8) is 0 Å². The molecule has 0 unspecified atom stereocenters. The minimum atomic E-state index is -0.571. The van der Waals surface area contributed by atoms with E-state index in [0.29, 0.717) is 12.1 Å². The number of halogens is 2.